The molecular formula is C24H27Cl2NO5. The first-order valence-corrected chi connectivity index (χ1v) is 11.0. The molecule has 172 valence electrons. The second-order valence-electron chi connectivity index (χ2n) is 9.23. The number of benzene rings is 2. The quantitative estimate of drug-likeness (QED) is 0.503. The van der Waals surface area contributed by atoms with E-state index in [2.05, 4.69) is 12.2 Å². The average Bonchev–Trinajstić information content (AvgIpc) is 2.70. The van der Waals surface area contributed by atoms with Crippen LogP contribution in [0.4, 0.5) is 4.79 Å². The minimum absolute atomic E-state index is 0.0186. The largest absolute Gasteiger partial charge is 0.493 e. The van der Waals surface area contributed by atoms with Crippen molar-refractivity contribution >= 4 is 35.1 Å². The van der Waals surface area contributed by atoms with E-state index in [9.17, 15) is 9.59 Å². The molecule has 1 atom stereocenters. The van der Waals surface area contributed by atoms with Crippen molar-refractivity contribution < 1.29 is 23.8 Å². The van der Waals surface area contributed by atoms with E-state index in [0.29, 0.717) is 41.7 Å². The van der Waals surface area contributed by atoms with Gasteiger partial charge in [0.1, 0.15) is 17.4 Å². The zero-order valence-electron chi connectivity index (χ0n) is 18.5. The molecule has 32 heavy (non-hydrogen) atoms. The summed E-state index contributed by atoms with van der Waals surface area (Å²) in [6, 6.07) is 10.6. The van der Waals surface area contributed by atoms with Crippen LogP contribution in [0.3, 0.4) is 0 Å². The molecule has 1 N–H and O–H groups in total. The summed E-state index contributed by atoms with van der Waals surface area (Å²) in [7, 11) is 0. The molecule has 2 aromatic rings. The van der Waals surface area contributed by atoms with Gasteiger partial charge >= 0.3 is 6.09 Å². The molecule has 2 aromatic carbocycles. The monoisotopic (exact) mass is 479 g/mol. The summed E-state index contributed by atoms with van der Waals surface area (Å²) in [4.78, 5) is 25.7. The molecular weight excluding hydrogens is 453 g/mol. The maximum atomic E-state index is 13.3. The van der Waals surface area contributed by atoms with Gasteiger partial charge in [0.2, 0.25) is 0 Å². The van der Waals surface area contributed by atoms with E-state index in [1.165, 1.54) is 0 Å². The zero-order valence-corrected chi connectivity index (χ0v) is 20.0. The molecule has 1 unspecified atom stereocenters. The van der Waals surface area contributed by atoms with Crippen molar-refractivity contribution in [2.75, 3.05) is 19.8 Å². The van der Waals surface area contributed by atoms with E-state index < -0.39 is 17.7 Å². The van der Waals surface area contributed by atoms with Crippen molar-refractivity contribution in [2.45, 2.75) is 39.3 Å². The van der Waals surface area contributed by atoms with Crippen LogP contribution in [0.1, 0.15) is 49.7 Å². The predicted molar refractivity (Wildman–Crippen MR) is 124 cm³/mol. The third-order valence-electron chi connectivity index (χ3n) is 4.83. The number of amides is 1. The number of ketones is 1. The van der Waals surface area contributed by atoms with Gasteiger partial charge in [-0.1, -0.05) is 36.2 Å². The van der Waals surface area contributed by atoms with E-state index in [0.717, 1.165) is 0 Å². The Balaban J connectivity index is 1.79. The lowest BCUT2D eigenvalue weighted by atomic mass is 9.90. The van der Waals surface area contributed by atoms with Gasteiger partial charge in [0.05, 0.1) is 29.9 Å². The molecule has 1 saturated heterocycles. The summed E-state index contributed by atoms with van der Waals surface area (Å²) in [5.41, 5.74) is 0.206. The zero-order chi connectivity index (χ0) is 23.5. The van der Waals surface area contributed by atoms with Gasteiger partial charge in [-0.05, 0) is 62.7 Å². The molecule has 0 aromatic heterocycles. The van der Waals surface area contributed by atoms with Crippen molar-refractivity contribution in [3.05, 3.63) is 63.6 Å². The fourth-order valence-corrected chi connectivity index (χ4v) is 3.40. The summed E-state index contributed by atoms with van der Waals surface area (Å²) in [5, 5.41) is 3.29. The van der Waals surface area contributed by atoms with Crippen molar-refractivity contribution in [1.82, 2.24) is 5.32 Å². The van der Waals surface area contributed by atoms with Gasteiger partial charge in [0, 0.05) is 11.0 Å². The second kappa shape index (κ2) is 9.69. The average molecular weight is 480 g/mol. The van der Waals surface area contributed by atoms with Crippen LogP contribution in [0.25, 0.3) is 0 Å². The first kappa shape index (κ1) is 24.4. The molecule has 1 aliphatic heterocycles. The Morgan fingerprint density at radius 2 is 1.75 bits per heavy atom. The van der Waals surface area contributed by atoms with Gasteiger partial charge in [-0.25, -0.2) is 4.79 Å². The van der Waals surface area contributed by atoms with Gasteiger partial charge in [-0.15, -0.1) is 0 Å². The molecule has 0 aliphatic carbocycles. The van der Waals surface area contributed by atoms with E-state index in [-0.39, 0.29) is 16.2 Å². The van der Waals surface area contributed by atoms with E-state index in [1.807, 2.05) is 0 Å². The summed E-state index contributed by atoms with van der Waals surface area (Å²) in [6.07, 6.45) is -0.710. The molecule has 6 nitrogen and oxygen atoms in total. The second-order valence-corrected chi connectivity index (χ2v) is 10.0. The number of rotatable bonds is 7. The van der Waals surface area contributed by atoms with Gasteiger partial charge in [0.25, 0.3) is 0 Å². The molecule has 0 radical (unpaired) electrons. The van der Waals surface area contributed by atoms with Crippen LogP contribution in [-0.2, 0) is 9.47 Å². The standard InChI is InChI=1S/C24H27Cl2NO5/c1-23(2,3)32-22(29)27-20(16-7-10-18(25)19(26)11-16)21(28)15-5-8-17(9-6-15)31-14-24(4)12-30-13-24/h5-11,20H,12-14H2,1-4H3,(H,27,29). The van der Waals surface area contributed by atoms with Crippen LogP contribution >= 0.6 is 23.2 Å². The van der Waals surface area contributed by atoms with Crippen LogP contribution in [-0.4, -0.2) is 37.3 Å². The number of hydrogen-bond donors (Lipinski definition) is 1. The summed E-state index contributed by atoms with van der Waals surface area (Å²) in [6.45, 7) is 9.22. The molecule has 1 heterocycles. The van der Waals surface area contributed by atoms with Gasteiger partial charge in [0.15, 0.2) is 5.78 Å². The molecule has 8 heteroatoms. The Bertz CT molecular complexity index is 981. The lowest BCUT2D eigenvalue weighted by molar-refractivity contribution is -0.120. The van der Waals surface area contributed by atoms with Crippen molar-refractivity contribution in [1.29, 1.82) is 0 Å². The highest BCUT2D eigenvalue weighted by molar-refractivity contribution is 6.42. The Morgan fingerprint density at radius 3 is 2.28 bits per heavy atom. The van der Waals surface area contributed by atoms with Crippen molar-refractivity contribution in [2.24, 2.45) is 5.41 Å². The number of carbonyl (C=O) groups excluding carboxylic acids is 2. The minimum atomic E-state index is -1.00. The van der Waals surface area contributed by atoms with Crippen LogP contribution < -0.4 is 10.1 Å². The van der Waals surface area contributed by atoms with Crippen LogP contribution in [0, 0.1) is 5.41 Å². The number of nitrogens with one attached hydrogen (secondary N) is 1. The van der Waals surface area contributed by atoms with Crippen LogP contribution in [0.5, 0.6) is 5.75 Å². The highest BCUT2D eigenvalue weighted by Crippen LogP contribution is 2.30. The Kier molecular flexibility index (Phi) is 7.38. The third-order valence-corrected chi connectivity index (χ3v) is 5.57. The van der Waals surface area contributed by atoms with Crippen LogP contribution in [0.2, 0.25) is 10.0 Å². The minimum Gasteiger partial charge on any atom is -0.493 e. The normalized spacial score (nSPS) is 15.9. The maximum absolute atomic E-state index is 13.3. The first-order chi connectivity index (χ1) is 15.0. The Morgan fingerprint density at radius 1 is 1.09 bits per heavy atom. The SMILES string of the molecule is CC1(COc2ccc(C(=O)C(NC(=O)OC(C)(C)C)c3ccc(Cl)c(Cl)c3)cc2)COC1. The van der Waals surface area contributed by atoms with Gasteiger partial charge in [-0.3, -0.25) is 4.79 Å². The van der Waals surface area contributed by atoms with Crippen molar-refractivity contribution in [3.8, 4) is 5.75 Å². The number of alkyl carbamates (subject to hydrolysis) is 1. The number of halogens is 2. The molecule has 0 bridgehead atoms. The predicted octanol–water partition coefficient (Wildman–Crippen LogP) is 5.86. The summed E-state index contributed by atoms with van der Waals surface area (Å²) < 4.78 is 16.4. The molecule has 1 amide bonds. The number of Topliss-reactive ketones (excluding diaryl/α,β-unsaturated/α-hetero) is 1. The van der Waals surface area contributed by atoms with Gasteiger partial charge < -0.3 is 19.5 Å². The molecule has 1 aliphatic rings. The maximum Gasteiger partial charge on any atom is 0.408 e. The lowest BCUT2D eigenvalue weighted by Crippen LogP contribution is -2.44. The van der Waals surface area contributed by atoms with Gasteiger partial charge in [-0.2, -0.15) is 0 Å². The van der Waals surface area contributed by atoms with E-state index in [4.69, 9.17) is 37.4 Å². The molecule has 1 fully saturated rings. The fraction of sp³-hybridized carbons (Fsp3) is 0.417. The molecule has 0 saturated carbocycles. The Labute approximate surface area is 198 Å². The molecule has 0 spiro atoms. The number of carbonyl (C=O) groups is 2. The highest BCUT2D eigenvalue weighted by Gasteiger charge is 2.34. The number of hydrogen-bond acceptors (Lipinski definition) is 5. The lowest BCUT2D eigenvalue weighted by Gasteiger charge is -2.37. The smallest absolute Gasteiger partial charge is 0.408 e. The van der Waals surface area contributed by atoms with E-state index >= 15 is 0 Å². The Hall–Kier alpha value is -2.28. The fourth-order valence-electron chi connectivity index (χ4n) is 3.09. The van der Waals surface area contributed by atoms with Crippen molar-refractivity contribution in [3.63, 3.8) is 0 Å². The summed E-state index contributed by atoms with van der Waals surface area (Å²) in [5.74, 6) is 0.334. The topological polar surface area (TPSA) is 73.9 Å². The van der Waals surface area contributed by atoms with Crippen LogP contribution in [0.15, 0.2) is 42.5 Å². The first-order valence-electron chi connectivity index (χ1n) is 10.3. The number of ether oxygens (including phenoxy) is 3. The third kappa shape index (κ3) is 6.37. The highest BCUT2D eigenvalue weighted by atomic mass is 35.5. The summed E-state index contributed by atoms with van der Waals surface area (Å²) >= 11 is 12.2. The van der Waals surface area contributed by atoms with E-state index in [1.54, 1.807) is 63.2 Å². The molecule has 3 rings (SSSR count).